The van der Waals surface area contributed by atoms with Gasteiger partial charge in [0.1, 0.15) is 18.2 Å². The van der Waals surface area contributed by atoms with Gasteiger partial charge in [0.15, 0.2) is 5.50 Å². The molecule has 1 heterocycles. The van der Waals surface area contributed by atoms with E-state index < -0.39 is 0 Å². The van der Waals surface area contributed by atoms with Crippen LogP contribution < -0.4 is 15.4 Å². The van der Waals surface area contributed by atoms with Gasteiger partial charge < -0.3 is 15.4 Å². The van der Waals surface area contributed by atoms with Gasteiger partial charge >= 0.3 is 0 Å². The number of allylic oxidation sites excluding steroid dienone is 1. The molecule has 174 valence electrons. The van der Waals surface area contributed by atoms with E-state index >= 15 is 0 Å². The summed E-state index contributed by atoms with van der Waals surface area (Å²) < 4.78 is 19.1. The molecule has 0 spiro atoms. The number of ether oxygens (including phenoxy) is 1. The van der Waals surface area contributed by atoms with Gasteiger partial charge in [0.25, 0.3) is 5.91 Å². The van der Waals surface area contributed by atoms with Crippen LogP contribution in [0.1, 0.15) is 29.2 Å². The van der Waals surface area contributed by atoms with Crippen molar-refractivity contribution in [1.82, 2.24) is 5.32 Å². The standard InChI is InChI=1S/C28H27FN2O2S/c1-3-5-22-16-21(10-15-25(22)33-18-20-6-11-23(29)12-7-20)17-26-27(32)31-28(34-26)30-24-13-8-19(4-2)9-14-24/h3,6-17,28,30H,1,4-5,18H2,2H3,(H,31,32)/b26-17-/t28-/m1/s1. The number of carbonyl (C=O) groups excluding carboxylic acids is 1. The number of carbonyl (C=O) groups is 1. The van der Waals surface area contributed by atoms with E-state index in [0.29, 0.717) is 17.9 Å². The van der Waals surface area contributed by atoms with Crippen LogP contribution in [0.4, 0.5) is 10.1 Å². The molecule has 1 fully saturated rings. The molecule has 3 aromatic rings. The summed E-state index contributed by atoms with van der Waals surface area (Å²) in [6, 6.07) is 20.3. The molecule has 1 amide bonds. The summed E-state index contributed by atoms with van der Waals surface area (Å²) in [4.78, 5) is 13.2. The van der Waals surface area contributed by atoms with Crippen molar-refractivity contribution in [2.45, 2.75) is 31.9 Å². The number of hydrogen-bond acceptors (Lipinski definition) is 4. The Labute approximate surface area is 203 Å². The number of rotatable bonds is 9. The highest BCUT2D eigenvalue weighted by atomic mass is 32.2. The van der Waals surface area contributed by atoms with E-state index in [1.807, 2.05) is 42.5 Å². The average molecular weight is 475 g/mol. The molecule has 6 heteroatoms. The Morgan fingerprint density at radius 3 is 2.53 bits per heavy atom. The Morgan fingerprint density at radius 2 is 1.82 bits per heavy atom. The highest BCUT2D eigenvalue weighted by Crippen LogP contribution is 2.31. The number of anilines is 1. The fourth-order valence-corrected chi connectivity index (χ4v) is 4.58. The molecule has 4 rings (SSSR count). The largest absolute Gasteiger partial charge is 0.489 e. The second-order valence-corrected chi connectivity index (χ2v) is 9.10. The monoisotopic (exact) mass is 474 g/mol. The first kappa shape index (κ1) is 23.6. The van der Waals surface area contributed by atoms with Gasteiger partial charge in [-0.25, -0.2) is 4.39 Å². The van der Waals surface area contributed by atoms with Crippen LogP contribution in [0.2, 0.25) is 0 Å². The summed E-state index contributed by atoms with van der Waals surface area (Å²) in [7, 11) is 0. The Hall–Kier alpha value is -3.51. The fourth-order valence-electron chi connectivity index (χ4n) is 3.59. The molecular weight excluding hydrogens is 447 g/mol. The molecule has 2 N–H and O–H groups in total. The maximum atomic E-state index is 13.1. The summed E-state index contributed by atoms with van der Waals surface area (Å²) in [6.45, 7) is 6.31. The van der Waals surface area contributed by atoms with E-state index in [9.17, 15) is 9.18 Å². The van der Waals surface area contributed by atoms with E-state index in [-0.39, 0.29) is 17.2 Å². The lowest BCUT2D eigenvalue weighted by atomic mass is 10.1. The van der Waals surface area contributed by atoms with Gasteiger partial charge in [0, 0.05) is 5.69 Å². The van der Waals surface area contributed by atoms with E-state index in [1.165, 1.54) is 29.5 Å². The van der Waals surface area contributed by atoms with E-state index in [0.717, 1.165) is 34.5 Å². The lowest BCUT2D eigenvalue weighted by molar-refractivity contribution is -0.116. The molecule has 1 saturated heterocycles. The first-order chi connectivity index (χ1) is 16.5. The van der Waals surface area contributed by atoms with Crippen LogP contribution in [0.3, 0.4) is 0 Å². The lowest BCUT2D eigenvalue weighted by Crippen LogP contribution is -2.30. The SMILES string of the molecule is C=CCc1cc(/C=C2\S[C@H](Nc3ccc(CC)cc3)NC2=O)ccc1OCc1ccc(F)cc1. The summed E-state index contributed by atoms with van der Waals surface area (Å²) in [5.41, 5.74) is 4.79. The van der Waals surface area contributed by atoms with Crippen molar-refractivity contribution >= 4 is 29.4 Å². The van der Waals surface area contributed by atoms with Gasteiger partial charge in [0.05, 0.1) is 4.91 Å². The van der Waals surface area contributed by atoms with Gasteiger partial charge in [-0.1, -0.05) is 55.1 Å². The van der Waals surface area contributed by atoms with Crippen molar-refractivity contribution in [2.24, 2.45) is 0 Å². The molecule has 0 radical (unpaired) electrons. The third-order valence-corrected chi connectivity index (χ3v) is 6.47. The van der Waals surface area contributed by atoms with Crippen molar-refractivity contribution < 1.29 is 13.9 Å². The second kappa shape index (κ2) is 11.1. The number of nitrogens with one attached hydrogen (secondary N) is 2. The van der Waals surface area contributed by atoms with Crippen molar-refractivity contribution in [3.63, 3.8) is 0 Å². The molecule has 0 bridgehead atoms. The Kier molecular flexibility index (Phi) is 7.70. The topological polar surface area (TPSA) is 50.4 Å². The van der Waals surface area contributed by atoms with E-state index in [2.05, 4.69) is 36.3 Å². The van der Waals surface area contributed by atoms with Crippen LogP contribution >= 0.6 is 11.8 Å². The first-order valence-corrected chi connectivity index (χ1v) is 12.1. The van der Waals surface area contributed by atoms with Gasteiger partial charge in [0.2, 0.25) is 0 Å². The molecule has 1 aliphatic heterocycles. The normalized spacial score (nSPS) is 16.4. The summed E-state index contributed by atoms with van der Waals surface area (Å²) >= 11 is 1.46. The molecule has 4 nitrogen and oxygen atoms in total. The smallest absolute Gasteiger partial charge is 0.260 e. The average Bonchev–Trinajstić information content (AvgIpc) is 3.18. The number of hydrogen-bond donors (Lipinski definition) is 2. The van der Waals surface area contributed by atoms with Crippen molar-refractivity contribution in [3.8, 4) is 5.75 Å². The van der Waals surface area contributed by atoms with Gasteiger partial charge in [-0.2, -0.15) is 0 Å². The number of amides is 1. The van der Waals surface area contributed by atoms with Gasteiger partial charge in [-0.15, -0.1) is 6.58 Å². The van der Waals surface area contributed by atoms with E-state index in [1.54, 1.807) is 12.1 Å². The highest BCUT2D eigenvalue weighted by Gasteiger charge is 2.27. The zero-order valence-electron chi connectivity index (χ0n) is 19.0. The predicted octanol–water partition coefficient (Wildman–Crippen LogP) is 6.30. The van der Waals surface area contributed by atoms with Crippen molar-refractivity contribution in [3.05, 3.63) is 112 Å². The minimum atomic E-state index is -0.269. The van der Waals surface area contributed by atoms with Crippen LogP contribution in [0.15, 0.2) is 84.3 Å². The molecule has 0 aromatic heterocycles. The number of thioether (sulfide) groups is 1. The highest BCUT2D eigenvalue weighted by molar-refractivity contribution is 8.05. The molecular formula is C28H27FN2O2S. The van der Waals surface area contributed by atoms with Crippen molar-refractivity contribution in [2.75, 3.05) is 5.32 Å². The Balaban J connectivity index is 1.44. The first-order valence-electron chi connectivity index (χ1n) is 11.2. The third kappa shape index (κ3) is 6.08. The maximum absolute atomic E-state index is 13.1. The predicted molar refractivity (Wildman–Crippen MR) is 138 cm³/mol. The Bertz CT molecular complexity index is 1190. The van der Waals surface area contributed by atoms with Crippen LogP contribution in [-0.2, 0) is 24.2 Å². The van der Waals surface area contributed by atoms with Crippen LogP contribution in [0.5, 0.6) is 5.75 Å². The zero-order chi connectivity index (χ0) is 23.9. The van der Waals surface area contributed by atoms with Crippen LogP contribution in [0, 0.1) is 5.82 Å². The maximum Gasteiger partial charge on any atom is 0.260 e. The minimum Gasteiger partial charge on any atom is -0.489 e. The van der Waals surface area contributed by atoms with Gasteiger partial charge in [-0.05, 0) is 77.6 Å². The summed E-state index contributed by atoms with van der Waals surface area (Å²) in [5.74, 6) is 0.369. The zero-order valence-corrected chi connectivity index (χ0v) is 19.8. The minimum absolute atomic E-state index is 0.102. The van der Waals surface area contributed by atoms with Crippen molar-refractivity contribution in [1.29, 1.82) is 0 Å². The van der Waals surface area contributed by atoms with Gasteiger partial charge in [-0.3, -0.25) is 4.79 Å². The Morgan fingerprint density at radius 1 is 1.09 bits per heavy atom. The summed E-state index contributed by atoms with van der Waals surface area (Å²) in [6.07, 6.45) is 5.33. The molecule has 0 saturated carbocycles. The van der Waals surface area contributed by atoms with Crippen LogP contribution in [-0.4, -0.2) is 11.4 Å². The third-order valence-electron chi connectivity index (χ3n) is 5.44. The fraction of sp³-hybridized carbons (Fsp3) is 0.179. The molecule has 34 heavy (non-hydrogen) atoms. The number of aryl methyl sites for hydroxylation is 1. The van der Waals surface area contributed by atoms with E-state index in [4.69, 9.17) is 4.74 Å². The number of halogens is 1. The molecule has 3 aromatic carbocycles. The lowest BCUT2D eigenvalue weighted by Gasteiger charge is -2.13. The molecule has 1 atom stereocenters. The van der Waals surface area contributed by atoms with Crippen LogP contribution in [0.25, 0.3) is 6.08 Å². The number of benzene rings is 3. The second-order valence-electron chi connectivity index (χ2n) is 7.95. The quantitative estimate of drug-likeness (QED) is 0.282. The molecule has 0 aliphatic carbocycles. The molecule has 0 unspecified atom stereocenters. The molecule has 1 aliphatic rings. The summed E-state index contributed by atoms with van der Waals surface area (Å²) in [5, 5.41) is 6.32.